The van der Waals surface area contributed by atoms with E-state index >= 15 is 0 Å². The number of morpholine rings is 1. The summed E-state index contributed by atoms with van der Waals surface area (Å²) in [6.45, 7) is 2.33. The van der Waals surface area contributed by atoms with E-state index in [1.165, 1.54) is 6.42 Å². The zero-order chi connectivity index (χ0) is 20.9. The molecule has 2 amide bonds. The number of rotatable bonds is 4. The molecule has 2 aromatic rings. The van der Waals surface area contributed by atoms with Gasteiger partial charge < -0.3 is 20.7 Å². The average molecular weight is 409 g/mol. The lowest BCUT2D eigenvalue weighted by molar-refractivity contribution is 0.0303. The fourth-order valence-electron chi connectivity index (χ4n) is 3.94. The van der Waals surface area contributed by atoms with Gasteiger partial charge in [0.15, 0.2) is 11.5 Å². The number of anilines is 1. The lowest BCUT2D eigenvalue weighted by atomic mass is 9.95. The molecule has 158 valence electrons. The van der Waals surface area contributed by atoms with Crippen LogP contribution in [0.5, 0.6) is 0 Å². The molecular formula is C22H27N5O3. The van der Waals surface area contributed by atoms with Gasteiger partial charge in [-0.3, -0.25) is 9.59 Å². The summed E-state index contributed by atoms with van der Waals surface area (Å²) in [5.74, 6) is -0.181. The molecule has 0 unspecified atom stereocenters. The minimum atomic E-state index is -0.284. The van der Waals surface area contributed by atoms with Gasteiger partial charge in [-0.05, 0) is 25.0 Å². The highest BCUT2D eigenvalue weighted by Gasteiger charge is 2.21. The molecule has 0 bridgehead atoms. The number of nitrogen functional groups attached to an aromatic ring is 1. The molecule has 2 aliphatic rings. The molecule has 1 aromatic heterocycles. The quantitative estimate of drug-likeness (QED) is 0.801. The van der Waals surface area contributed by atoms with Crippen molar-refractivity contribution in [2.45, 2.75) is 38.1 Å². The molecule has 30 heavy (non-hydrogen) atoms. The van der Waals surface area contributed by atoms with Crippen molar-refractivity contribution >= 4 is 17.6 Å². The third-order valence-electron chi connectivity index (χ3n) is 5.68. The SMILES string of the molecule is Nc1ncc(-c2ccc(C(=O)N3CCOCC3)cc2)nc1C(=O)NC1CCCCC1. The maximum absolute atomic E-state index is 12.7. The maximum atomic E-state index is 12.7. The molecule has 4 rings (SSSR count). The third-order valence-corrected chi connectivity index (χ3v) is 5.68. The third kappa shape index (κ3) is 4.59. The summed E-state index contributed by atoms with van der Waals surface area (Å²) in [6.07, 6.45) is 6.98. The fourth-order valence-corrected chi connectivity index (χ4v) is 3.94. The van der Waals surface area contributed by atoms with Gasteiger partial charge in [0.25, 0.3) is 11.8 Å². The van der Waals surface area contributed by atoms with Gasteiger partial charge in [-0.2, -0.15) is 0 Å². The molecule has 2 heterocycles. The first-order valence-electron chi connectivity index (χ1n) is 10.5. The molecule has 1 aliphatic carbocycles. The first-order valence-corrected chi connectivity index (χ1v) is 10.5. The van der Waals surface area contributed by atoms with Crippen LogP contribution in [-0.2, 0) is 4.74 Å². The molecular weight excluding hydrogens is 382 g/mol. The van der Waals surface area contributed by atoms with Crippen molar-refractivity contribution in [3.8, 4) is 11.3 Å². The van der Waals surface area contributed by atoms with Gasteiger partial charge in [0.1, 0.15) is 0 Å². The summed E-state index contributed by atoms with van der Waals surface area (Å²) >= 11 is 0. The number of nitrogens with two attached hydrogens (primary N) is 1. The Morgan fingerprint density at radius 3 is 2.47 bits per heavy atom. The van der Waals surface area contributed by atoms with Gasteiger partial charge in [-0.25, -0.2) is 9.97 Å². The number of amides is 2. The number of nitrogens with zero attached hydrogens (tertiary/aromatic N) is 3. The number of benzene rings is 1. The monoisotopic (exact) mass is 409 g/mol. The second kappa shape index (κ2) is 9.21. The molecule has 0 spiro atoms. The molecule has 1 aliphatic heterocycles. The summed E-state index contributed by atoms with van der Waals surface area (Å²) in [5.41, 5.74) is 8.00. The molecule has 2 fully saturated rings. The molecule has 1 saturated heterocycles. The Hall–Kier alpha value is -3.00. The van der Waals surface area contributed by atoms with Crippen LogP contribution in [0, 0.1) is 0 Å². The second-order valence-corrected chi connectivity index (χ2v) is 7.78. The van der Waals surface area contributed by atoms with Crippen LogP contribution in [0.3, 0.4) is 0 Å². The smallest absolute Gasteiger partial charge is 0.273 e. The molecule has 0 radical (unpaired) electrons. The van der Waals surface area contributed by atoms with Crippen LogP contribution in [0.4, 0.5) is 5.82 Å². The van der Waals surface area contributed by atoms with E-state index < -0.39 is 0 Å². The minimum absolute atomic E-state index is 0.0132. The minimum Gasteiger partial charge on any atom is -0.382 e. The van der Waals surface area contributed by atoms with Gasteiger partial charge >= 0.3 is 0 Å². The number of carbonyl (C=O) groups excluding carboxylic acids is 2. The first kappa shape index (κ1) is 20.3. The van der Waals surface area contributed by atoms with Crippen LogP contribution >= 0.6 is 0 Å². The summed E-state index contributed by atoms with van der Waals surface area (Å²) < 4.78 is 5.30. The van der Waals surface area contributed by atoms with Crippen LogP contribution in [-0.4, -0.2) is 59.0 Å². The zero-order valence-electron chi connectivity index (χ0n) is 17.0. The standard InChI is InChI=1S/C22H27N5O3/c23-20-19(21(28)25-17-4-2-1-3-5-17)26-18(14-24-20)15-6-8-16(9-7-15)22(29)27-10-12-30-13-11-27/h6-9,14,17H,1-5,10-13H2,(H2,23,24)(H,25,28). The van der Waals surface area contributed by atoms with Crippen molar-refractivity contribution in [1.29, 1.82) is 0 Å². The number of nitrogens with one attached hydrogen (secondary N) is 1. The predicted molar refractivity (Wildman–Crippen MR) is 113 cm³/mol. The molecule has 1 saturated carbocycles. The fraction of sp³-hybridized carbons (Fsp3) is 0.455. The van der Waals surface area contributed by atoms with Crippen LogP contribution in [0.2, 0.25) is 0 Å². The van der Waals surface area contributed by atoms with Crippen LogP contribution in [0.25, 0.3) is 11.3 Å². The van der Waals surface area contributed by atoms with Crippen LogP contribution < -0.4 is 11.1 Å². The number of carbonyl (C=O) groups is 2. The van der Waals surface area contributed by atoms with E-state index in [2.05, 4.69) is 15.3 Å². The van der Waals surface area contributed by atoms with E-state index in [1.807, 2.05) is 12.1 Å². The number of ether oxygens (including phenoxy) is 1. The summed E-state index contributed by atoms with van der Waals surface area (Å²) in [7, 11) is 0. The van der Waals surface area contributed by atoms with Crippen molar-refractivity contribution in [3.05, 3.63) is 41.7 Å². The Bertz CT molecular complexity index is 903. The van der Waals surface area contributed by atoms with Gasteiger partial charge in [-0.15, -0.1) is 0 Å². The zero-order valence-corrected chi connectivity index (χ0v) is 17.0. The lowest BCUT2D eigenvalue weighted by Crippen LogP contribution is -2.40. The Morgan fingerprint density at radius 2 is 1.77 bits per heavy atom. The van der Waals surface area contributed by atoms with Crippen molar-refractivity contribution < 1.29 is 14.3 Å². The van der Waals surface area contributed by atoms with E-state index in [-0.39, 0.29) is 29.4 Å². The van der Waals surface area contributed by atoms with Crippen molar-refractivity contribution in [1.82, 2.24) is 20.2 Å². The molecule has 1 aromatic carbocycles. The maximum Gasteiger partial charge on any atom is 0.273 e. The van der Waals surface area contributed by atoms with Crippen LogP contribution in [0.15, 0.2) is 30.5 Å². The Morgan fingerprint density at radius 1 is 1.07 bits per heavy atom. The highest BCUT2D eigenvalue weighted by Crippen LogP contribution is 2.21. The molecule has 0 atom stereocenters. The first-order chi connectivity index (χ1) is 14.6. The van der Waals surface area contributed by atoms with Gasteiger partial charge in [0.05, 0.1) is 25.1 Å². The summed E-state index contributed by atoms with van der Waals surface area (Å²) in [4.78, 5) is 35.7. The Balaban J connectivity index is 1.49. The Labute approximate surface area is 175 Å². The average Bonchev–Trinajstić information content (AvgIpc) is 2.80. The van der Waals surface area contributed by atoms with Gasteiger partial charge in [0, 0.05) is 30.3 Å². The largest absolute Gasteiger partial charge is 0.382 e. The van der Waals surface area contributed by atoms with Gasteiger partial charge in [-0.1, -0.05) is 31.4 Å². The number of hydrogen-bond acceptors (Lipinski definition) is 6. The Kier molecular flexibility index (Phi) is 6.23. The van der Waals surface area contributed by atoms with E-state index in [0.29, 0.717) is 37.6 Å². The van der Waals surface area contributed by atoms with Crippen molar-refractivity contribution in [2.75, 3.05) is 32.0 Å². The van der Waals surface area contributed by atoms with Crippen molar-refractivity contribution in [2.24, 2.45) is 0 Å². The normalized spacial score (nSPS) is 17.5. The number of aromatic nitrogens is 2. The van der Waals surface area contributed by atoms with E-state index in [1.54, 1.807) is 23.2 Å². The highest BCUT2D eigenvalue weighted by atomic mass is 16.5. The second-order valence-electron chi connectivity index (χ2n) is 7.78. The number of hydrogen-bond donors (Lipinski definition) is 2. The molecule has 8 nitrogen and oxygen atoms in total. The lowest BCUT2D eigenvalue weighted by Gasteiger charge is -2.26. The van der Waals surface area contributed by atoms with E-state index in [0.717, 1.165) is 31.2 Å². The van der Waals surface area contributed by atoms with E-state index in [4.69, 9.17) is 10.5 Å². The summed E-state index contributed by atoms with van der Waals surface area (Å²) in [6, 6.07) is 7.34. The van der Waals surface area contributed by atoms with Crippen LogP contribution in [0.1, 0.15) is 53.0 Å². The van der Waals surface area contributed by atoms with E-state index in [9.17, 15) is 9.59 Å². The summed E-state index contributed by atoms with van der Waals surface area (Å²) in [5, 5.41) is 3.03. The highest BCUT2D eigenvalue weighted by molar-refractivity contribution is 5.97. The molecule has 3 N–H and O–H groups in total. The molecule has 8 heteroatoms. The van der Waals surface area contributed by atoms with Gasteiger partial charge in [0.2, 0.25) is 0 Å². The topological polar surface area (TPSA) is 110 Å². The predicted octanol–water partition coefficient (Wildman–Crippen LogP) is 2.26. The van der Waals surface area contributed by atoms with Crippen molar-refractivity contribution in [3.63, 3.8) is 0 Å².